The molecule has 19 heteroatoms. The summed E-state index contributed by atoms with van der Waals surface area (Å²) < 4.78 is 23.1. The highest BCUT2D eigenvalue weighted by Crippen LogP contribution is 2.33. The minimum Gasteiger partial charge on any atom is -0.496 e. The Labute approximate surface area is 425 Å². The number of likely N-dealkylation sites (tertiary alicyclic amines) is 2. The fraction of sp³-hybridized carbons (Fsp3) is 0.556. The average molecular weight is 1010 g/mol. The van der Waals surface area contributed by atoms with Crippen molar-refractivity contribution in [3.05, 3.63) is 59.9 Å². The van der Waals surface area contributed by atoms with Crippen LogP contribution in [0.3, 0.4) is 0 Å². The van der Waals surface area contributed by atoms with Crippen molar-refractivity contribution in [2.24, 2.45) is 17.6 Å². The summed E-state index contributed by atoms with van der Waals surface area (Å²) in [7, 11) is 3.14. The van der Waals surface area contributed by atoms with Crippen molar-refractivity contribution >= 4 is 62.9 Å². The van der Waals surface area contributed by atoms with Gasteiger partial charge in [-0.05, 0) is 116 Å². The van der Waals surface area contributed by atoms with Crippen LogP contribution in [0.5, 0.6) is 11.5 Å². The van der Waals surface area contributed by atoms with Crippen LogP contribution in [-0.2, 0) is 33.4 Å². The Morgan fingerprint density at radius 3 is 1.53 bits per heavy atom. The van der Waals surface area contributed by atoms with Gasteiger partial charge in [-0.3, -0.25) is 33.6 Å². The summed E-state index contributed by atoms with van der Waals surface area (Å²) in [6.45, 7) is 12.0. The van der Waals surface area contributed by atoms with Crippen molar-refractivity contribution in [1.82, 2.24) is 30.4 Å². The number of nitrogens with two attached hydrogens (primary N) is 1. The highest BCUT2D eigenvalue weighted by molar-refractivity contribution is 6.03. The van der Waals surface area contributed by atoms with Gasteiger partial charge in [-0.2, -0.15) is 5.26 Å². The number of nitrogens with zero attached hydrogens (tertiary/aromatic N) is 3. The molecular weight excluding hydrogens is 937 g/mol. The van der Waals surface area contributed by atoms with Crippen LogP contribution in [0.2, 0.25) is 0 Å². The number of nitrogens with one attached hydrogen (secondary N) is 4. The van der Waals surface area contributed by atoms with E-state index >= 15 is 0 Å². The number of aromatic amines is 2. The number of hydrogen-bond donors (Lipinski definition) is 5. The zero-order valence-corrected chi connectivity index (χ0v) is 43.1. The van der Waals surface area contributed by atoms with Crippen molar-refractivity contribution in [2.45, 2.75) is 153 Å². The fourth-order valence-corrected chi connectivity index (χ4v) is 10.6. The van der Waals surface area contributed by atoms with Gasteiger partial charge >= 0.3 is 0 Å². The predicted octanol–water partition coefficient (Wildman–Crippen LogP) is 5.65. The van der Waals surface area contributed by atoms with E-state index in [1.165, 1.54) is 9.80 Å². The number of aromatic nitrogens is 2. The molecule has 19 nitrogen and oxygen atoms in total. The molecule has 2 aliphatic heterocycles. The van der Waals surface area contributed by atoms with Gasteiger partial charge in [0.2, 0.25) is 17.7 Å². The number of carbonyl (C=O) groups excluding carboxylic acids is 7. The summed E-state index contributed by atoms with van der Waals surface area (Å²) in [5.41, 5.74) is 6.82. The Bertz CT molecular complexity index is 2760. The highest BCUT2D eigenvalue weighted by atomic mass is 16.5. The number of carbonyl (C=O) groups is 7. The molecule has 0 radical (unpaired) electrons. The first-order valence-corrected chi connectivity index (χ1v) is 25.2. The number of rotatable bonds is 15. The molecule has 392 valence electrons. The molecule has 4 heterocycles. The topological polar surface area (TPSA) is 268 Å². The van der Waals surface area contributed by atoms with E-state index in [-0.39, 0.29) is 73.4 Å². The molecule has 2 aliphatic carbocycles. The lowest BCUT2D eigenvalue weighted by molar-refractivity contribution is -0.131. The van der Waals surface area contributed by atoms with Crippen LogP contribution < -0.4 is 25.8 Å². The Hall–Kier alpha value is -6.78. The maximum Gasteiger partial charge on any atom is 0.271 e. The van der Waals surface area contributed by atoms with Crippen LogP contribution >= 0.6 is 0 Å². The fourth-order valence-electron chi connectivity index (χ4n) is 10.6. The number of nitriles is 1. The van der Waals surface area contributed by atoms with Gasteiger partial charge < -0.3 is 55.1 Å². The number of hydrogen-bond acceptors (Lipinski definition) is 12. The third-order valence-electron chi connectivity index (χ3n) is 13.9. The lowest BCUT2D eigenvalue weighted by Crippen LogP contribution is -2.53. The molecule has 73 heavy (non-hydrogen) atoms. The highest BCUT2D eigenvalue weighted by Gasteiger charge is 2.45. The summed E-state index contributed by atoms with van der Waals surface area (Å²) >= 11 is 0. The molecule has 0 unspecified atom stereocenters. The Kier molecular flexibility index (Phi) is 16.7. The third-order valence-corrected chi connectivity index (χ3v) is 13.9. The zero-order chi connectivity index (χ0) is 52.9. The molecular formula is C54H70N8O11. The molecule has 2 saturated heterocycles. The number of primary amides is 1. The molecule has 8 rings (SSSR count). The van der Waals surface area contributed by atoms with Crippen LogP contribution in [0.4, 0.5) is 0 Å². The van der Waals surface area contributed by atoms with Crippen molar-refractivity contribution in [3.63, 3.8) is 0 Å². The molecule has 4 aliphatic rings. The first-order chi connectivity index (χ1) is 34.6. The molecule has 0 spiro atoms. The summed E-state index contributed by atoms with van der Waals surface area (Å²) in [6, 6.07) is 13.1. The lowest BCUT2D eigenvalue weighted by Gasteiger charge is -2.26. The van der Waals surface area contributed by atoms with Crippen molar-refractivity contribution in [2.75, 3.05) is 27.3 Å². The average Bonchev–Trinajstić information content (AvgIpc) is 4.21. The van der Waals surface area contributed by atoms with Gasteiger partial charge in [0.1, 0.15) is 58.6 Å². The number of methoxy groups -OCH3 is 2. The standard InChI is InChI=1S/C27H36N4O6.C27H34N4O5/c1-27(2,3)37-16-12-21(25(34)30-19(24(28)33)11-15-7-5-9-22(15)32)31(14-16)26(35)20-13-17-18(29-20)8-6-10-23(17)36-4;1-27(2,3)36-18-12-22(25(33)29-17(14-28)11-16-7-5-9-23(16)32)31(15-18)26(34)21-13-19-20(30-21)8-6-10-24(19)35-4/h6,8,10,13,15-16,19,21,29H,5,7,9,11-12,14H2,1-4H3,(H2,28,33)(H,30,34);6,8,10,13,16-18,22,30H,5,7,9,11-12,15H2,1-4H3,(H,29,33)/t15-,16+,19-,21-;16-,17-,18+,22-/m00/s1. The number of fused-ring (bicyclic) bond motifs is 2. The van der Waals surface area contributed by atoms with Gasteiger partial charge in [0.15, 0.2) is 0 Å². The van der Waals surface area contributed by atoms with E-state index in [4.69, 9.17) is 24.7 Å². The van der Waals surface area contributed by atoms with E-state index in [0.29, 0.717) is 55.0 Å². The van der Waals surface area contributed by atoms with Gasteiger partial charge in [0, 0.05) is 72.4 Å². The van der Waals surface area contributed by atoms with E-state index in [2.05, 4.69) is 26.7 Å². The second kappa shape index (κ2) is 22.5. The predicted molar refractivity (Wildman–Crippen MR) is 270 cm³/mol. The van der Waals surface area contributed by atoms with Crippen LogP contribution in [-0.4, -0.2) is 136 Å². The van der Waals surface area contributed by atoms with Crippen molar-refractivity contribution < 1.29 is 52.5 Å². The van der Waals surface area contributed by atoms with Crippen LogP contribution in [0.1, 0.15) is 127 Å². The van der Waals surface area contributed by atoms with Gasteiger partial charge in [-0.25, -0.2) is 0 Å². The summed E-state index contributed by atoms with van der Waals surface area (Å²) in [6.07, 6.45) is 4.38. The van der Waals surface area contributed by atoms with Crippen LogP contribution in [0, 0.1) is 23.2 Å². The minimum absolute atomic E-state index is 0.0889. The van der Waals surface area contributed by atoms with Crippen LogP contribution in [0.25, 0.3) is 21.8 Å². The van der Waals surface area contributed by atoms with E-state index in [1.54, 1.807) is 26.4 Å². The van der Waals surface area contributed by atoms with Gasteiger partial charge in [-0.15, -0.1) is 0 Å². The third kappa shape index (κ3) is 13.1. The van der Waals surface area contributed by atoms with Crippen molar-refractivity contribution in [1.29, 1.82) is 5.26 Å². The number of ether oxygens (including phenoxy) is 4. The molecule has 6 N–H and O–H groups in total. The molecule has 0 bridgehead atoms. The van der Waals surface area contributed by atoms with E-state index in [0.717, 1.165) is 41.1 Å². The second-order valence-electron chi connectivity index (χ2n) is 21.6. The Morgan fingerprint density at radius 1 is 0.712 bits per heavy atom. The summed E-state index contributed by atoms with van der Waals surface area (Å²) in [5, 5.41) is 16.7. The van der Waals surface area contributed by atoms with E-state index in [9.17, 15) is 38.8 Å². The smallest absolute Gasteiger partial charge is 0.271 e. The minimum atomic E-state index is -0.989. The Balaban J connectivity index is 0.000000214. The number of Topliss-reactive ketones (excluding diaryl/α,β-unsaturated/α-hetero) is 2. The molecule has 4 aromatic rings. The molecule has 2 aromatic carbocycles. The first-order valence-electron chi connectivity index (χ1n) is 25.2. The lowest BCUT2D eigenvalue weighted by atomic mass is 9.96. The maximum absolute atomic E-state index is 13.7. The van der Waals surface area contributed by atoms with Gasteiger partial charge in [-0.1, -0.05) is 12.1 Å². The van der Waals surface area contributed by atoms with Crippen LogP contribution in [0.15, 0.2) is 48.5 Å². The van der Waals surface area contributed by atoms with Crippen molar-refractivity contribution in [3.8, 4) is 17.6 Å². The molecule has 4 fully saturated rings. The van der Waals surface area contributed by atoms with E-state index in [1.807, 2.05) is 77.9 Å². The molecule has 8 atom stereocenters. The molecule has 2 aromatic heterocycles. The monoisotopic (exact) mass is 1010 g/mol. The maximum atomic E-state index is 13.7. The number of ketones is 2. The second-order valence-corrected chi connectivity index (χ2v) is 21.6. The quantitative estimate of drug-likeness (QED) is 0.0968. The normalized spacial score (nSPS) is 22.9. The number of amides is 5. The number of benzene rings is 2. The van der Waals surface area contributed by atoms with Gasteiger partial charge in [0.25, 0.3) is 11.8 Å². The SMILES string of the molecule is COc1cccc2[nH]c(C(=O)N3C[C@H](OC(C)(C)C)C[C@H]3C(=O)N[C@@H](C[C@@H]3CCCC3=O)C(N)=O)cc12.COc1cccc2[nH]c(C(=O)N3C[C@H](OC(C)(C)C)C[C@H]3C(=O)N[C@H](C#N)C[C@@H]3CCCC3=O)cc12. The molecule has 2 saturated carbocycles. The van der Waals surface area contributed by atoms with Gasteiger partial charge in [0.05, 0.1) is 43.7 Å². The summed E-state index contributed by atoms with van der Waals surface area (Å²) in [4.78, 5) is 99.7. The van der Waals surface area contributed by atoms with E-state index < -0.39 is 53.1 Å². The largest absolute Gasteiger partial charge is 0.496 e. The molecule has 5 amide bonds. The Morgan fingerprint density at radius 2 is 1.15 bits per heavy atom. The summed E-state index contributed by atoms with van der Waals surface area (Å²) in [5.74, 6) is -1.27. The zero-order valence-electron chi connectivity index (χ0n) is 43.1. The first kappa shape index (κ1) is 54.0. The number of H-pyrrole nitrogens is 2.